The van der Waals surface area contributed by atoms with Crippen LogP contribution in [0, 0.1) is 19.8 Å². The van der Waals surface area contributed by atoms with E-state index in [1.165, 1.54) is 5.56 Å². The van der Waals surface area contributed by atoms with Gasteiger partial charge in [0.05, 0.1) is 6.10 Å². The smallest absolute Gasteiger partial charge is 0.193 e. The number of carbonyl (C=O) groups excluding carboxylic acids is 1. The van der Waals surface area contributed by atoms with Crippen LogP contribution in [0.2, 0.25) is 10.0 Å². The Morgan fingerprint density at radius 2 is 1.43 bits per heavy atom. The summed E-state index contributed by atoms with van der Waals surface area (Å²) in [7, 11) is 0. The Bertz CT molecular complexity index is 1190. The minimum atomic E-state index is -0.740. The normalized spacial score (nSPS) is 20.0. The minimum absolute atomic E-state index is 0.0811. The van der Waals surface area contributed by atoms with E-state index >= 15 is 0 Å². The largest absolute Gasteiger partial charge is 0.388 e. The third-order valence-corrected chi connectivity index (χ3v) is 7.14. The first-order valence-corrected chi connectivity index (χ1v) is 10.7. The quantitative estimate of drug-likeness (QED) is 0.464. The molecule has 0 fully saturated rings. The molecule has 4 heteroatoms. The van der Waals surface area contributed by atoms with Crippen molar-refractivity contribution in [2.75, 3.05) is 0 Å². The van der Waals surface area contributed by atoms with Crippen LogP contribution in [0.4, 0.5) is 0 Å². The van der Waals surface area contributed by atoms with Crippen LogP contribution >= 0.6 is 23.2 Å². The molecule has 1 N–H and O–H groups in total. The van der Waals surface area contributed by atoms with Crippen LogP contribution in [0.3, 0.4) is 0 Å². The van der Waals surface area contributed by atoms with Crippen LogP contribution in [-0.4, -0.2) is 10.9 Å². The Morgan fingerprint density at radius 3 is 2.03 bits per heavy atom. The van der Waals surface area contributed by atoms with Crippen molar-refractivity contribution in [3.63, 3.8) is 0 Å². The van der Waals surface area contributed by atoms with Gasteiger partial charge in [0.25, 0.3) is 0 Å². The van der Waals surface area contributed by atoms with Crippen molar-refractivity contribution >= 4 is 35.1 Å². The molecule has 0 spiro atoms. The highest BCUT2D eigenvalue weighted by atomic mass is 35.5. The molecule has 150 valence electrons. The number of benzene rings is 3. The molecule has 0 aliphatic heterocycles. The third-order valence-electron chi connectivity index (χ3n) is 6.48. The summed E-state index contributed by atoms with van der Waals surface area (Å²) in [5.74, 6) is -0.705. The fourth-order valence-electron chi connectivity index (χ4n) is 4.86. The lowest BCUT2D eigenvalue weighted by atomic mass is 9.67. The van der Waals surface area contributed by atoms with E-state index in [9.17, 15) is 9.90 Å². The van der Waals surface area contributed by atoms with E-state index in [4.69, 9.17) is 23.2 Å². The average molecular weight is 435 g/mol. The van der Waals surface area contributed by atoms with E-state index in [1.807, 2.05) is 13.0 Å². The van der Waals surface area contributed by atoms with Crippen LogP contribution in [0.15, 0.2) is 54.6 Å². The molecular weight excluding hydrogens is 415 g/mol. The number of aliphatic hydroxyl groups is 1. The summed E-state index contributed by atoms with van der Waals surface area (Å²) in [6.45, 7) is 4.12. The lowest BCUT2D eigenvalue weighted by Gasteiger charge is -2.38. The molecule has 0 amide bonds. The van der Waals surface area contributed by atoms with Crippen LogP contribution in [0.5, 0.6) is 0 Å². The summed E-state index contributed by atoms with van der Waals surface area (Å²) in [6, 6.07) is 14.9. The maximum absolute atomic E-state index is 13.2. The van der Waals surface area contributed by atoms with E-state index in [0.29, 0.717) is 21.2 Å². The predicted molar refractivity (Wildman–Crippen MR) is 122 cm³/mol. The highest BCUT2D eigenvalue weighted by Crippen LogP contribution is 2.51. The fraction of sp³-hybridized carbons (Fsp3) is 0.192. The second-order valence-electron chi connectivity index (χ2n) is 8.16. The van der Waals surface area contributed by atoms with Gasteiger partial charge in [-0.2, -0.15) is 0 Å². The van der Waals surface area contributed by atoms with Gasteiger partial charge in [-0.1, -0.05) is 71.8 Å². The Balaban J connectivity index is 1.75. The number of hydrogen-bond donors (Lipinski definition) is 1. The minimum Gasteiger partial charge on any atom is -0.388 e. The van der Waals surface area contributed by atoms with Gasteiger partial charge in [0, 0.05) is 33.0 Å². The first-order valence-electron chi connectivity index (χ1n) is 9.97. The zero-order valence-electron chi connectivity index (χ0n) is 16.6. The van der Waals surface area contributed by atoms with E-state index in [2.05, 4.69) is 25.1 Å². The average Bonchev–Trinajstić information content (AvgIpc) is 2.72. The van der Waals surface area contributed by atoms with Crippen molar-refractivity contribution in [1.29, 1.82) is 0 Å². The summed E-state index contributed by atoms with van der Waals surface area (Å²) < 4.78 is 0. The molecule has 0 heterocycles. The van der Waals surface area contributed by atoms with E-state index in [1.54, 1.807) is 36.4 Å². The van der Waals surface area contributed by atoms with Crippen molar-refractivity contribution < 1.29 is 9.90 Å². The SMILES string of the molecule is Cc1cc2c(cc1C)[C@@H](O)C(C1c3c(Cl)cccc3C(=O)c3cccc(Cl)c31)C=C2. The van der Waals surface area contributed by atoms with Crippen molar-refractivity contribution in [3.05, 3.63) is 109 Å². The molecule has 2 aliphatic rings. The van der Waals surface area contributed by atoms with Crippen molar-refractivity contribution in [3.8, 4) is 0 Å². The van der Waals surface area contributed by atoms with Crippen LogP contribution < -0.4 is 0 Å². The van der Waals surface area contributed by atoms with Crippen LogP contribution in [0.1, 0.15) is 61.3 Å². The van der Waals surface area contributed by atoms with Crippen LogP contribution in [-0.2, 0) is 0 Å². The number of aryl methyl sites for hydroxylation is 2. The van der Waals surface area contributed by atoms with Gasteiger partial charge in [-0.05, 0) is 59.4 Å². The van der Waals surface area contributed by atoms with Gasteiger partial charge in [0.15, 0.2) is 5.78 Å². The molecule has 0 radical (unpaired) electrons. The van der Waals surface area contributed by atoms with Crippen LogP contribution in [0.25, 0.3) is 6.08 Å². The molecular formula is C26H20Cl2O2. The zero-order chi connectivity index (χ0) is 21.2. The van der Waals surface area contributed by atoms with Gasteiger partial charge in [-0.25, -0.2) is 0 Å². The molecule has 0 saturated heterocycles. The second kappa shape index (κ2) is 7.09. The molecule has 30 heavy (non-hydrogen) atoms. The summed E-state index contributed by atoms with van der Waals surface area (Å²) in [6.07, 6.45) is 3.35. The molecule has 2 atom stereocenters. The van der Waals surface area contributed by atoms with Crippen molar-refractivity contribution in [2.24, 2.45) is 5.92 Å². The Labute approximate surface area is 185 Å². The summed E-state index contributed by atoms with van der Waals surface area (Å²) in [5.41, 5.74) is 6.88. The summed E-state index contributed by atoms with van der Waals surface area (Å²) in [5, 5.41) is 12.5. The highest BCUT2D eigenvalue weighted by molar-refractivity contribution is 6.34. The molecule has 2 aliphatic carbocycles. The van der Waals surface area contributed by atoms with Crippen molar-refractivity contribution in [1.82, 2.24) is 0 Å². The third kappa shape index (κ3) is 2.79. The van der Waals surface area contributed by atoms with Gasteiger partial charge < -0.3 is 5.11 Å². The monoisotopic (exact) mass is 434 g/mol. The molecule has 5 rings (SSSR count). The van der Waals surface area contributed by atoms with E-state index in [0.717, 1.165) is 27.8 Å². The van der Waals surface area contributed by atoms with Gasteiger partial charge in [-0.3, -0.25) is 4.79 Å². The van der Waals surface area contributed by atoms with E-state index < -0.39 is 6.10 Å². The molecule has 0 bridgehead atoms. The first kappa shape index (κ1) is 19.6. The number of rotatable bonds is 1. The lowest BCUT2D eigenvalue weighted by molar-refractivity contribution is 0.101. The number of fused-ring (bicyclic) bond motifs is 3. The Hall–Kier alpha value is -2.39. The standard InChI is InChI=1S/C26H20Cl2O2/c1-13-11-15-9-10-18(26(30)19(15)12-14(13)2)24-22-16(5-3-7-20(22)27)25(29)17-6-4-8-21(28)23(17)24/h3-12,18,24,26,30H,1-2H3/t18?,26-/m0/s1. The zero-order valence-corrected chi connectivity index (χ0v) is 18.1. The number of aliphatic hydroxyl groups excluding tert-OH is 1. The maximum atomic E-state index is 13.2. The molecule has 0 saturated carbocycles. The molecule has 2 nitrogen and oxygen atoms in total. The molecule has 3 aromatic rings. The number of ketones is 1. The topological polar surface area (TPSA) is 37.3 Å². The Morgan fingerprint density at radius 1 is 0.867 bits per heavy atom. The van der Waals surface area contributed by atoms with Crippen molar-refractivity contribution in [2.45, 2.75) is 25.9 Å². The molecule has 1 unspecified atom stereocenters. The second-order valence-corrected chi connectivity index (χ2v) is 8.97. The Kier molecular flexibility index (Phi) is 4.62. The molecule has 0 aromatic heterocycles. The van der Waals surface area contributed by atoms with E-state index in [-0.39, 0.29) is 17.6 Å². The van der Waals surface area contributed by atoms with Gasteiger partial charge in [0.2, 0.25) is 0 Å². The lowest BCUT2D eigenvalue weighted by Crippen LogP contribution is -2.29. The van der Waals surface area contributed by atoms with Gasteiger partial charge in [0.1, 0.15) is 0 Å². The number of halogens is 2. The summed E-state index contributed by atoms with van der Waals surface area (Å²) in [4.78, 5) is 13.2. The number of carbonyl (C=O) groups is 1. The predicted octanol–water partition coefficient (Wildman–Crippen LogP) is 6.66. The van der Waals surface area contributed by atoms with Gasteiger partial charge >= 0.3 is 0 Å². The maximum Gasteiger partial charge on any atom is 0.193 e. The van der Waals surface area contributed by atoms with Gasteiger partial charge in [-0.15, -0.1) is 0 Å². The fourth-order valence-corrected chi connectivity index (χ4v) is 5.44. The number of hydrogen-bond acceptors (Lipinski definition) is 2. The highest BCUT2D eigenvalue weighted by Gasteiger charge is 2.41. The summed E-state index contributed by atoms with van der Waals surface area (Å²) >= 11 is 13.3. The first-order chi connectivity index (χ1) is 14.4. The molecule has 3 aromatic carbocycles.